The first kappa shape index (κ1) is 27.7. The number of hydrogen-bond donors (Lipinski definition) is 0. The Morgan fingerprint density at radius 2 is 1.97 bits per heavy atom. The largest absolute Gasteiger partial charge is 0.339 e. The van der Waals surface area contributed by atoms with Crippen LogP contribution in [0.5, 0.6) is 0 Å². The van der Waals surface area contributed by atoms with E-state index in [4.69, 9.17) is 11.6 Å². The fourth-order valence-corrected chi connectivity index (χ4v) is 8.06. The number of piperazine rings is 1. The number of hydrogen-bond acceptors (Lipinski definition) is 7. The standard InChI is InChI=1S/C26H26ClFN4O5S2/c1-17-15-29(10-11-31(17)39(36,37)20-5-6-22(27)23(14-20)32(34)35)25(33)16-30-9-7-24-21(8-12-38-24)26(30)18-3-2-4-19(28)13-18/h2-6,8,12-14,17,26H,7,9-11,15-16H2,1H3/t17-,26-/m1/s1. The topological polar surface area (TPSA) is 104 Å². The number of nitro benzene ring substituents is 1. The van der Waals surface area contributed by atoms with Gasteiger partial charge in [-0.3, -0.25) is 19.8 Å². The minimum Gasteiger partial charge on any atom is -0.339 e. The first-order valence-corrected chi connectivity index (χ1v) is 15.1. The first-order chi connectivity index (χ1) is 18.6. The molecule has 2 aliphatic rings. The number of thiophene rings is 1. The van der Waals surface area contributed by atoms with E-state index in [0.717, 1.165) is 23.6 Å². The van der Waals surface area contributed by atoms with Crippen LogP contribution in [0.1, 0.15) is 29.0 Å². The van der Waals surface area contributed by atoms with Crippen molar-refractivity contribution in [1.29, 1.82) is 0 Å². The number of nitro groups is 1. The van der Waals surface area contributed by atoms with Gasteiger partial charge in [0.2, 0.25) is 15.9 Å². The van der Waals surface area contributed by atoms with E-state index in [2.05, 4.69) is 0 Å². The number of rotatable bonds is 6. The third-order valence-corrected chi connectivity index (χ3v) is 10.5. The molecule has 0 radical (unpaired) electrons. The molecule has 1 amide bonds. The highest BCUT2D eigenvalue weighted by Gasteiger charge is 2.38. The predicted molar refractivity (Wildman–Crippen MR) is 146 cm³/mol. The van der Waals surface area contributed by atoms with Crippen LogP contribution in [-0.4, -0.2) is 72.1 Å². The van der Waals surface area contributed by atoms with Gasteiger partial charge in [0.25, 0.3) is 5.69 Å². The smallest absolute Gasteiger partial charge is 0.289 e. The molecule has 39 heavy (non-hydrogen) atoms. The Labute approximate surface area is 234 Å². The number of benzene rings is 2. The van der Waals surface area contributed by atoms with Gasteiger partial charge in [-0.05, 0) is 60.2 Å². The molecule has 0 aliphatic carbocycles. The second kappa shape index (κ2) is 10.9. The lowest BCUT2D eigenvalue weighted by Crippen LogP contribution is -2.57. The van der Waals surface area contributed by atoms with Gasteiger partial charge in [-0.15, -0.1) is 11.3 Å². The van der Waals surface area contributed by atoms with Crippen LogP contribution in [0.2, 0.25) is 5.02 Å². The number of halogens is 2. The van der Waals surface area contributed by atoms with Gasteiger partial charge in [0.1, 0.15) is 10.8 Å². The molecule has 0 unspecified atom stereocenters. The molecule has 2 aromatic carbocycles. The maximum atomic E-state index is 14.1. The SMILES string of the molecule is C[C@@H]1CN(C(=O)CN2CCc3sccc3[C@H]2c2cccc(F)c2)CCN1S(=O)(=O)c1ccc(Cl)c([N+](=O)[O-])c1. The van der Waals surface area contributed by atoms with Crippen molar-refractivity contribution in [2.24, 2.45) is 0 Å². The lowest BCUT2D eigenvalue weighted by Gasteiger charge is -2.41. The van der Waals surface area contributed by atoms with Gasteiger partial charge in [0, 0.05) is 43.2 Å². The Bertz CT molecular complexity index is 1530. The Balaban J connectivity index is 1.31. The van der Waals surface area contributed by atoms with E-state index in [1.54, 1.807) is 29.2 Å². The summed E-state index contributed by atoms with van der Waals surface area (Å²) in [4.78, 5) is 28.7. The van der Waals surface area contributed by atoms with Gasteiger partial charge in [0.05, 0.1) is 22.4 Å². The normalized spacial score (nSPS) is 20.5. The lowest BCUT2D eigenvalue weighted by atomic mass is 9.93. The first-order valence-electron chi connectivity index (χ1n) is 12.4. The summed E-state index contributed by atoms with van der Waals surface area (Å²) < 4.78 is 42.0. The molecule has 9 nitrogen and oxygen atoms in total. The Kier molecular flexibility index (Phi) is 7.75. The van der Waals surface area contributed by atoms with Crippen molar-refractivity contribution in [2.75, 3.05) is 32.7 Å². The summed E-state index contributed by atoms with van der Waals surface area (Å²) >= 11 is 7.51. The molecule has 5 rings (SSSR count). The van der Waals surface area contributed by atoms with Crippen LogP contribution in [0.15, 0.2) is 58.8 Å². The van der Waals surface area contributed by atoms with Gasteiger partial charge in [-0.2, -0.15) is 4.31 Å². The second-order valence-electron chi connectivity index (χ2n) is 9.65. The molecule has 206 valence electrons. The van der Waals surface area contributed by atoms with Crippen molar-refractivity contribution in [1.82, 2.24) is 14.1 Å². The molecule has 3 heterocycles. The number of fused-ring (bicyclic) bond motifs is 1. The molecule has 1 fully saturated rings. The third-order valence-electron chi connectivity index (χ3n) is 7.21. The molecule has 2 atom stereocenters. The fourth-order valence-electron chi connectivity index (χ4n) is 5.33. The fraction of sp³-hybridized carbons (Fsp3) is 0.346. The van der Waals surface area contributed by atoms with E-state index in [-0.39, 0.29) is 53.9 Å². The van der Waals surface area contributed by atoms with E-state index in [9.17, 15) is 27.7 Å². The number of sulfonamides is 1. The molecular weight excluding hydrogens is 567 g/mol. The summed E-state index contributed by atoms with van der Waals surface area (Å²) in [6.45, 7) is 2.86. The Morgan fingerprint density at radius 1 is 1.18 bits per heavy atom. The molecule has 13 heteroatoms. The Morgan fingerprint density at radius 3 is 2.69 bits per heavy atom. The Hall–Kier alpha value is -2.90. The van der Waals surface area contributed by atoms with Crippen molar-refractivity contribution in [3.05, 3.63) is 90.9 Å². The zero-order valence-electron chi connectivity index (χ0n) is 21.0. The zero-order chi connectivity index (χ0) is 27.9. The summed E-state index contributed by atoms with van der Waals surface area (Å²) in [5, 5.41) is 13.1. The minimum atomic E-state index is -4.05. The van der Waals surface area contributed by atoms with Gasteiger partial charge in [-0.25, -0.2) is 12.8 Å². The van der Waals surface area contributed by atoms with E-state index < -0.39 is 26.7 Å². The molecule has 0 N–H and O–H groups in total. The number of amides is 1. The number of carbonyl (C=O) groups is 1. The average Bonchev–Trinajstić information content (AvgIpc) is 3.37. The van der Waals surface area contributed by atoms with Crippen molar-refractivity contribution in [3.63, 3.8) is 0 Å². The summed E-state index contributed by atoms with van der Waals surface area (Å²) in [6.07, 6.45) is 0.793. The monoisotopic (exact) mass is 592 g/mol. The van der Waals surface area contributed by atoms with Crippen LogP contribution in [-0.2, 0) is 21.2 Å². The predicted octanol–water partition coefficient (Wildman–Crippen LogP) is 4.32. The van der Waals surface area contributed by atoms with Crippen molar-refractivity contribution in [2.45, 2.75) is 30.3 Å². The molecule has 0 bridgehead atoms. The highest BCUT2D eigenvalue weighted by Crippen LogP contribution is 2.38. The van der Waals surface area contributed by atoms with Crippen molar-refractivity contribution in [3.8, 4) is 0 Å². The van der Waals surface area contributed by atoms with Gasteiger partial charge in [0.15, 0.2) is 0 Å². The van der Waals surface area contributed by atoms with Crippen LogP contribution in [0, 0.1) is 15.9 Å². The van der Waals surface area contributed by atoms with E-state index in [1.165, 1.54) is 33.4 Å². The summed E-state index contributed by atoms with van der Waals surface area (Å²) in [5.74, 6) is -0.473. The zero-order valence-corrected chi connectivity index (χ0v) is 23.4. The summed E-state index contributed by atoms with van der Waals surface area (Å²) in [7, 11) is -4.05. The van der Waals surface area contributed by atoms with Crippen LogP contribution < -0.4 is 0 Å². The van der Waals surface area contributed by atoms with Gasteiger partial charge in [-0.1, -0.05) is 23.7 Å². The van der Waals surface area contributed by atoms with Crippen molar-refractivity contribution >= 4 is 44.6 Å². The highest BCUT2D eigenvalue weighted by molar-refractivity contribution is 7.89. The highest BCUT2D eigenvalue weighted by atomic mass is 35.5. The van der Waals surface area contributed by atoms with E-state index in [0.29, 0.717) is 6.54 Å². The quantitative estimate of drug-likeness (QED) is 0.312. The summed E-state index contributed by atoms with van der Waals surface area (Å²) in [5.41, 5.74) is 1.37. The van der Waals surface area contributed by atoms with Crippen LogP contribution >= 0.6 is 22.9 Å². The maximum Gasteiger partial charge on any atom is 0.289 e. The number of carbonyl (C=O) groups excluding carboxylic acids is 1. The minimum absolute atomic E-state index is 0.0493. The van der Waals surface area contributed by atoms with Crippen molar-refractivity contribution < 1.29 is 22.5 Å². The molecule has 0 saturated carbocycles. The maximum absolute atomic E-state index is 14.1. The van der Waals surface area contributed by atoms with Crippen LogP contribution in [0.4, 0.5) is 10.1 Å². The molecule has 1 aromatic heterocycles. The molecule has 1 saturated heterocycles. The summed E-state index contributed by atoms with van der Waals surface area (Å²) in [6, 6.07) is 11.1. The van der Waals surface area contributed by atoms with Gasteiger partial charge < -0.3 is 4.90 Å². The van der Waals surface area contributed by atoms with Crippen LogP contribution in [0.3, 0.4) is 0 Å². The molecule has 2 aliphatic heterocycles. The number of nitrogens with zero attached hydrogens (tertiary/aromatic N) is 4. The third kappa shape index (κ3) is 5.44. The van der Waals surface area contributed by atoms with E-state index >= 15 is 0 Å². The van der Waals surface area contributed by atoms with Gasteiger partial charge >= 0.3 is 0 Å². The second-order valence-corrected chi connectivity index (χ2v) is 13.0. The van der Waals surface area contributed by atoms with Crippen LogP contribution in [0.25, 0.3) is 0 Å². The molecule has 0 spiro atoms. The molecule has 3 aromatic rings. The van der Waals surface area contributed by atoms with E-state index in [1.807, 2.05) is 22.4 Å². The average molecular weight is 593 g/mol. The molecular formula is C26H26ClFN4O5S2. The lowest BCUT2D eigenvalue weighted by molar-refractivity contribution is -0.384.